The Morgan fingerprint density at radius 3 is 2.36 bits per heavy atom. The molecule has 1 N–H and O–H groups in total. The summed E-state index contributed by atoms with van der Waals surface area (Å²) in [6.07, 6.45) is 6.68. The van der Waals surface area contributed by atoms with Gasteiger partial charge in [0.1, 0.15) is 5.54 Å². The van der Waals surface area contributed by atoms with Gasteiger partial charge in [-0.1, -0.05) is 49.4 Å². The molecule has 1 aromatic heterocycles. The maximum absolute atomic E-state index is 13.6. The van der Waals surface area contributed by atoms with Gasteiger partial charge in [-0.3, -0.25) is 14.6 Å². The first kappa shape index (κ1) is 21.1. The minimum atomic E-state index is -1.21. The number of nitrogens with one attached hydrogen (secondary N) is 1. The zero-order valence-electron chi connectivity index (χ0n) is 16.5. The number of carbonyl (C=O) groups is 2. The van der Waals surface area contributed by atoms with Gasteiger partial charge in [-0.05, 0) is 31.0 Å². The summed E-state index contributed by atoms with van der Waals surface area (Å²) in [6.45, 7) is 11.7. The molecular formula is C23H27N3O2. The largest absolute Gasteiger partial charge is 0.350 e. The SMILES string of the molecule is C=CCNC(=O)C(C=C)(CC)N(C(=O)c1ccncc1)C(C)c1ccccc1. The van der Waals surface area contributed by atoms with Crippen molar-refractivity contribution < 1.29 is 9.59 Å². The van der Waals surface area contributed by atoms with E-state index >= 15 is 0 Å². The molecule has 146 valence electrons. The normalized spacial score (nSPS) is 13.6. The van der Waals surface area contributed by atoms with E-state index in [9.17, 15) is 9.59 Å². The van der Waals surface area contributed by atoms with Crippen LogP contribution in [-0.4, -0.2) is 33.8 Å². The van der Waals surface area contributed by atoms with E-state index in [1.807, 2.05) is 44.2 Å². The molecule has 0 saturated carbocycles. The average molecular weight is 377 g/mol. The van der Waals surface area contributed by atoms with Crippen molar-refractivity contribution in [1.82, 2.24) is 15.2 Å². The fourth-order valence-corrected chi connectivity index (χ4v) is 3.31. The molecule has 2 aromatic rings. The zero-order valence-corrected chi connectivity index (χ0v) is 16.5. The molecular weight excluding hydrogens is 350 g/mol. The lowest BCUT2D eigenvalue weighted by atomic mass is 9.88. The van der Waals surface area contributed by atoms with Crippen molar-refractivity contribution in [1.29, 1.82) is 0 Å². The summed E-state index contributed by atoms with van der Waals surface area (Å²) in [5.41, 5.74) is 0.189. The third-order valence-electron chi connectivity index (χ3n) is 4.92. The molecule has 2 rings (SSSR count). The smallest absolute Gasteiger partial charge is 0.255 e. The first-order chi connectivity index (χ1) is 13.5. The van der Waals surface area contributed by atoms with Crippen LogP contribution < -0.4 is 5.32 Å². The van der Waals surface area contributed by atoms with Gasteiger partial charge in [-0.15, -0.1) is 13.2 Å². The molecule has 0 saturated heterocycles. The molecule has 2 amide bonds. The van der Waals surface area contributed by atoms with Crippen molar-refractivity contribution in [3.8, 4) is 0 Å². The van der Waals surface area contributed by atoms with Gasteiger partial charge in [0.25, 0.3) is 5.91 Å². The number of amides is 2. The van der Waals surface area contributed by atoms with Crippen LogP contribution in [0.5, 0.6) is 0 Å². The van der Waals surface area contributed by atoms with Gasteiger partial charge in [0.2, 0.25) is 5.91 Å². The lowest BCUT2D eigenvalue weighted by molar-refractivity contribution is -0.130. The molecule has 0 radical (unpaired) electrons. The Morgan fingerprint density at radius 2 is 1.82 bits per heavy atom. The van der Waals surface area contributed by atoms with Crippen LogP contribution in [0.4, 0.5) is 0 Å². The highest BCUT2D eigenvalue weighted by Crippen LogP contribution is 2.33. The maximum Gasteiger partial charge on any atom is 0.255 e. The van der Waals surface area contributed by atoms with Gasteiger partial charge in [-0.2, -0.15) is 0 Å². The fourth-order valence-electron chi connectivity index (χ4n) is 3.31. The van der Waals surface area contributed by atoms with Gasteiger partial charge < -0.3 is 10.2 Å². The number of carbonyl (C=O) groups excluding carboxylic acids is 2. The van der Waals surface area contributed by atoms with Crippen molar-refractivity contribution >= 4 is 11.8 Å². The van der Waals surface area contributed by atoms with Crippen molar-refractivity contribution in [3.05, 3.63) is 91.3 Å². The first-order valence-electron chi connectivity index (χ1n) is 9.33. The second-order valence-electron chi connectivity index (χ2n) is 6.48. The molecule has 1 heterocycles. The number of hydrogen-bond donors (Lipinski definition) is 1. The van der Waals surface area contributed by atoms with E-state index < -0.39 is 5.54 Å². The van der Waals surface area contributed by atoms with E-state index in [-0.39, 0.29) is 17.9 Å². The third-order valence-corrected chi connectivity index (χ3v) is 4.92. The van der Waals surface area contributed by atoms with Crippen LogP contribution in [0, 0.1) is 0 Å². The minimum absolute atomic E-state index is 0.255. The van der Waals surface area contributed by atoms with Gasteiger partial charge in [0, 0.05) is 24.5 Å². The highest BCUT2D eigenvalue weighted by atomic mass is 16.2. The molecule has 5 nitrogen and oxygen atoms in total. The number of aromatic nitrogens is 1. The van der Waals surface area contributed by atoms with E-state index in [1.54, 1.807) is 41.6 Å². The number of benzene rings is 1. The van der Waals surface area contributed by atoms with E-state index in [2.05, 4.69) is 23.5 Å². The van der Waals surface area contributed by atoms with E-state index in [4.69, 9.17) is 0 Å². The Kier molecular flexibility index (Phi) is 7.27. The van der Waals surface area contributed by atoms with Gasteiger partial charge in [0.05, 0.1) is 6.04 Å². The van der Waals surface area contributed by atoms with E-state index in [0.29, 0.717) is 18.5 Å². The predicted molar refractivity (Wildman–Crippen MR) is 112 cm³/mol. The number of hydrogen-bond acceptors (Lipinski definition) is 3. The maximum atomic E-state index is 13.6. The Bertz CT molecular complexity index is 820. The summed E-state index contributed by atoms with van der Waals surface area (Å²) in [5.74, 6) is -0.538. The van der Waals surface area contributed by atoms with Crippen LogP contribution in [0.3, 0.4) is 0 Å². The molecule has 0 aliphatic rings. The minimum Gasteiger partial charge on any atom is -0.350 e. The van der Waals surface area contributed by atoms with Crippen molar-refractivity contribution in [2.45, 2.75) is 31.8 Å². The van der Waals surface area contributed by atoms with Crippen LogP contribution in [0.2, 0.25) is 0 Å². The monoisotopic (exact) mass is 377 g/mol. The Hall–Kier alpha value is -3.21. The Balaban J connectivity index is 2.60. The Labute approximate surface area is 166 Å². The van der Waals surface area contributed by atoms with Crippen LogP contribution in [0.15, 0.2) is 80.2 Å². The van der Waals surface area contributed by atoms with Crippen molar-refractivity contribution in [3.63, 3.8) is 0 Å². The van der Waals surface area contributed by atoms with Crippen LogP contribution in [0.25, 0.3) is 0 Å². The molecule has 28 heavy (non-hydrogen) atoms. The summed E-state index contributed by atoms with van der Waals surface area (Å²) < 4.78 is 0. The summed E-state index contributed by atoms with van der Waals surface area (Å²) >= 11 is 0. The second kappa shape index (κ2) is 9.65. The quantitative estimate of drug-likeness (QED) is 0.674. The zero-order chi connectivity index (χ0) is 20.6. The van der Waals surface area contributed by atoms with Gasteiger partial charge in [-0.25, -0.2) is 0 Å². The van der Waals surface area contributed by atoms with Crippen LogP contribution in [-0.2, 0) is 4.79 Å². The van der Waals surface area contributed by atoms with Gasteiger partial charge >= 0.3 is 0 Å². The topological polar surface area (TPSA) is 62.3 Å². The summed E-state index contributed by atoms with van der Waals surface area (Å²) in [6, 6.07) is 12.6. The van der Waals surface area contributed by atoms with Crippen LogP contribution in [0.1, 0.15) is 42.2 Å². The standard InChI is InChI=1S/C23H27N3O2/c1-5-15-25-22(28)23(6-2,7-3)26(18(4)19-11-9-8-10-12-19)21(27)20-13-16-24-17-14-20/h5-6,8-14,16-18H,1-2,7,15H2,3-4H3,(H,25,28). The highest BCUT2D eigenvalue weighted by Gasteiger charge is 2.45. The molecule has 2 unspecified atom stereocenters. The molecule has 2 atom stereocenters. The highest BCUT2D eigenvalue weighted by molar-refractivity contribution is 6.00. The molecule has 0 fully saturated rings. The summed E-state index contributed by atoms with van der Waals surface area (Å²) in [7, 11) is 0. The van der Waals surface area contributed by atoms with E-state index in [0.717, 1.165) is 5.56 Å². The summed E-state index contributed by atoms with van der Waals surface area (Å²) in [5, 5.41) is 2.83. The lowest BCUT2D eigenvalue weighted by Gasteiger charge is -2.44. The lowest BCUT2D eigenvalue weighted by Crippen LogP contribution is -2.60. The molecule has 0 aliphatic carbocycles. The van der Waals surface area contributed by atoms with Crippen molar-refractivity contribution in [2.24, 2.45) is 0 Å². The predicted octanol–water partition coefficient (Wildman–Crippen LogP) is 3.92. The number of nitrogens with zero attached hydrogens (tertiary/aromatic N) is 2. The average Bonchev–Trinajstić information content (AvgIpc) is 2.76. The summed E-state index contributed by atoms with van der Waals surface area (Å²) in [4.78, 5) is 32.3. The van der Waals surface area contributed by atoms with E-state index in [1.165, 1.54) is 0 Å². The number of rotatable bonds is 9. The third kappa shape index (κ3) is 4.19. The molecule has 0 bridgehead atoms. The fraction of sp³-hybridized carbons (Fsp3) is 0.261. The Morgan fingerprint density at radius 1 is 1.18 bits per heavy atom. The molecule has 1 aromatic carbocycles. The van der Waals surface area contributed by atoms with Gasteiger partial charge in [0.15, 0.2) is 0 Å². The van der Waals surface area contributed by atoms with Crippen molar-refractivity contribution in [2.75, 3.05) is 6.54 Å². The molecule has 5 heteroatoms. The molecule has 0 spiro atoms. The first-order valence-corrected chi connectivity index (χ1v) is 9.33. The van der Waals surface area contributed by atoms with Crippen LogP contribution >= 0.6 is 0 Å². The second-order valence-corrected chi connectivity index (χ2v) is 6.48. The number of pyridine rings is 1. The molecule has 0 aliphatic heterocycles.